The van der Waals surface area contributed by atoms with Gasteiger partial charge in [-0.2, -0.15) is 0 Å². The Morgan fingerprint density at radius 2 is 1.21 bits per heavy atom. The first-order valence-corrected chi connectivity index (χ1v) is 6.27. The molecule has 0 aliphatic rings. The Kier molecular flexibility index (Phi) is 4.75. The molecule has 2 aromatic rings. The van der Waals surface area contributed by atoms with Crippen molar-refractivity contribution >= 4 is 23.2 Å². The van der Waals surface area contributed by atoms with Gasteiger partial charge in [-0.25, -0.2) is 8.78 Å². The van der Waals surface area contributed by atoms with Crippen LogP contribution in [-0.4, -0.2) is 0 Å². The second-order valence-corrected chi connectivity index (χ2v) is 4.80. The molecule has 0 unspecified atom stereocenters. The van der Waals surface area contributed by atoms with E-state index in [1.807, 2.05) is 0 Å². The third kappa shape index (κ3) is 3.90. The Morgan fingerprint density at radius 3 is 1.58 bits per heavy atom. The molecule has 1 nitrogen and oxygen atoms in total. The van der Waals surface area contributed by atoms with Crippen molar-refractivity contribution in [3.8, 4) is 0 Å². The van der Waals surface area contributed by atoms with Gasteiger partial charge in [-0.1, -0.05) is 35.3 Å². The van der Waals surface area contributed by atoms with Crippen LogP contribution < -0.4 is 0 Å². The lowest BCUT2D eigenvalue weighted by atomic mass is 10.2. The summed E-state index contributed by atoms with van der Waals surface area (Å²) in [7, 11) is 0. The van der Waals surface area contributed by atoms with Gasteiger partial charge in [0, 0.05) is 0 Å². The molecule has 0 aliphatic heterocycles. The molecule has 100 valence electrons. The average molecular weight is 303 g/mol. The number of hydrogen-bond acceptors (Lipinski definition) is 1. The Morgan fingerprint density at radius 1 is 0.789 bits per heavy atom. The summed E-state index contributed by atoms with van der Waals surface area (Å²) in [5.41, 5.74) is 1.33. The van der Waals surface area contributed by atoms with Gasteiger partial charge in [-0.05, 0) is 35.4 Å². The summed E-state index contributed by atoms with van der Waals surface area (Å²) in [6.07, 6.45) is 0. The summed E-state index contributed by atoms with van der Waals surface area (Å²) in [5.74, 6) is -0.972. The highest BCUT2D eigenvalue weighted by Crippen LogP contribution is 2.18. The maximum Gasteiger partial charge on any atom is 0.142 e. The Balaban J connectivity index is 1.92. The molecule has 0 N–H and O–H groups in total. The second kappa shape index (κ2) is 6.33. The standard InChI is InChI=1S/C14H10Cl2F2O/c15-11-3-1-9(5-13(11)17)7-19-8-10-2-4-12(16)14(18)6-10/h1-6H,7-8H2. The minimum absolute atomic E-state index is 0.0727. The van der Waals surface area contributed by atoms with Crippen LogP contribution in [0.1, 0.15) is 11.1 Å². The zero-order valence-electron chi connectivity index (χ0n) is 9.80. The van der Waals surface area contributed by atoms with Crippen molar-refractivity contribution < 1.29 is 13.5 Å². The molecular weight excluding hydrogens is 293 g/mol. The zero-order chi connectivity index (χ0) is 13.8. The van der Waals surface area contributed by atoms with E-state index in [9.17, 15) is 8.78 Å². The maximum atomic E-state index is 13.2. The van der Waals surface area contributed by atoms with Gasteiger partial charge in [0.1, 0.15) is 11.6 Å². The monoisotopic (exact) mass is 302 g/mol. The van der Waals surface area contributed by atoms with Crippen molar-refractivity contribution in [2.45, 2.75) is 13.2 Å². The minimum Gasteiger partial charge on any atom is -0.372 e. The Hall–Kier alpha value is -1.16. The average Bonchev–Trinajstić information content (AvgIpc) is 2.38. The molecule has 0 atom stereocenters. The number of hydrogen-bond donors (Lipinski definition) is 0. The van der Waals surface area contributed by atoms with E-state index >= 15 is 0 Å². The van der Waals surface area contributed by atoms with Crippen molar-refractivity contribution in [1.29, 1.82) is 0 Å². The van der Waals surface area contributed by atoms with Crippen LogP contribution in [0.5, 0.6) is 0 Å². The van der Waals surface area contributed by atoms with E-state index in [4.69, 9.17) is 27.9 Å². The van der Waals surface area contributed by atoms with E-state index in [1.165, 1.54) is 24.3 Å². The number of benzene rings is 2. The van der Waals surface area contributed by atoms with Gasteiger partial charge in [0.05, 0.1) is 23.3 Å². The van der Waals surface area contributed by atoms with Gasteiger partial charge >= 0.3 is 0 Å². The van der Waals surface area contributed by atoms with E-state index < -0.39 is 11.6 Å². The van der Waals surface area contributed by atoms with Gasteiger partial charge in [0.2, 0.25) is 0 Å². The summed E-state index contributed by atoms with van der Waals surface area (Å²) in [4.78, 5) is 0. The van der Waals surface area contributed by atoms with Gasteiger partial charge < -0.3 is 4.74 Å². The lowest BCUT2D eigenvalue weighted by Gasteiger charge is -2.06. The van der Waals surface area contributed by atoms with Crippen LogP contribution in [0.2, 0.25) is 10.0 Å². The number of rotatable bonds is 4. The molecular formula is C14H10Cl2F2O. The molecule has 0 aliphatic carbocycles. The normalized spacial score (nSPS) is 10.7. The smallest absolute Gasteiger partial charge is 0.142 e. The molecule has 0 saturated heterocycles. The lowest BCUT2D eigenvalue weighted by molar-refractivity contribution is 0.107. The minimum atomic E-state index is -0.486. The predicted octanol–water partition coefficient (Wildman–Crippen LogP) is 4.99. The molecule has 2 aromatic carbocycles. The fourth-order valence-corrected chi connectivity index (χ4v) is 1.78. The molecule has 0 fully saturated rings. The van der Waals surface area contributed by atoms with Crippen molar-refractivity contribution in [3.63, 3.8) is 0 Å². The van der Waals surface area contributed by atoms with E-state index in [1.54, 1.807) is 12.1 Å². The van der Waals surface area contributed by atoms with E-state index in [0.717, 1.165) is 0 Å². The fraction of sp³-hybridized carbons (Fsp3) is 0.143. The topological polar surface area (TPSA) is 9.23 Å². The molecule has 0 heterocycles. The highest BCUT2D eigenvalue weighted by Gasteiger charge is 2.03. The summed E-state index contributed by atoms with van der Waals surface area (Å²) in [6.45, 7) is 0.441. The summed E-state index contributed by atoms with van der Waals surface area (Å²) < 4.78 is 31.7. The first-order valence-electron chi connectivity index (χ1n) is 5.52. The van der Waals surface area contributed by atoms with E-state index in [-0.39, 0.29) is 23.3 Å². The fourth-order valence-electron chi connectivity index (χ4n) is 1.55. The van der Waals surface area contributed by atoms with Crippen molar-refractivity contribution in [2.24, 2.45) is 0 Å². The van der Waals surface area contributed by atoms with Gasteiger partial charge in [0.25, 0.3) is 0 Å². The summed E-state index contributed by atoms with van der Waals surface area (Å²) >= 11 is 11.1. The van der Waals surface area contributed by atoms with Gasteiger partial charge in [-0.3, -0.25) is 0 Å². The summed E-state index contributed by atoms with van der Waals surface area (Å²) in [5, 5.41) is 0.145. The SMILES string of the molecule is Fc1cc(COCc2ccc(Cl)c(F)c2)ccc1Cl. The van der Waals surface area contributed by atoms with Crippen LogP contribution in [0.25, 0.3) is 0 Å². The van der Waals surface area contributed by atoms with Crippen molar-refractivity contribution in [3.05, 3.63) is 69.2 Å². The number of halogens is 4. The van der Waals surface area contributed by atoms with Crippen LogP contribution in [0.4, 0.5) is 8.78 Å². The molecule has 0 aromatic heterocycles. The van der Waals surface area contributed by atoms with Crippen molar-refractivity contribution in [2.75, 3.05) is 0 Å². The van der Waals surface area contributed by atoms with Crippen LogP contribution in [0.3, 0.4) is 0 Å². The highest BCUT2D eigenvalue weighted by molar-refractivity contribution is 6.31. The molecule has 0 spiro atoms. The first kappa shape index (κ1) is 14.3. The third-order valence-corrected chi connectivity index (χ3v) is 3.12. The molecule has 0 amide bonds. The van der Waals surface area contributed by atoms with E-state index in [2.05, 4.69) is 0 Å². The quantitative estimate of drug-likeness (QED) is 0.773. The van der Waals surface area contributed by atoms with Gasteiger partial charge in [-0.15, -0.1) is 0 Å². The lowest BCUT2D eigenvalue weighted by Crippen LogP contribution is -1.95. The molecule has 0 radical (unpaired) electrons. The van der Waals surface area contributed by atoms with Gasteiger partial charge in [0.15, 0.2) is 0 Å². The van der Waals surface area contributed by atoms with E-state index in [0.29, 0.717) is 11.1 Å². The first-order chi connectivity index (χ1) is 9.06. The molecule has 2 rings (SSSR count). The van der Waals surface area contributed by atoms with Crippen LogP contribution in [-0.2, 0) is 18.0 Å². The molecule has 0 bridgehead atoms. The predicted molar refractivity (Wildman–Crippen MR) is 71.3 cm³/mol. The highest BCUT2D eigenvalue weighted by atomic mass is 35.5. The number of ether oxygens (including phenoxy) is 1. The third-order valence-electron chi connectivity index (χ3n) is 2.51. The van der Waals surface area contributed by atoms with Crippen LogP contribution in [0.15, 0.2) is 36.4 Å². The summed E-state index contributed by atoms with van der Waals surface area (Å²) in [6, 6.07) is 8.91. The largest absolute Gasteiger partial charge is 0.372 e. The molecule has 5 heteroatoms. The van der Waals surface area contributed by atoms with Crippen LogP contribution >= 0.6 is 23.2 Å². The molecule has 19 heavy (non-hydrogen) atoms. The Labute approximate surface area is 119 Å². The van der Waals surface area contributed by atoms with Crippen LogP contribution in [0, 0.1) is 11.6 Å². The van der Waals surface area contributed by atoms with Crippen molar-refractivity contribution in [1.82, 2.24) is 0 Å². The second-order valence-electron chi connectivity index (χ2n) is 3.99. The Bertz CT molecular complexity index is 536. The zero-order valence-corrected chi connectivity index (χ0v) is 11.3. The maximum absolute atomic E-state index is 13.2. The molecule has 0 saturated carbocycles.